The fourth-order valence-electron chi connectivity index (χ4n) is 8.32. The summed E-state index contributed by atoms with van der Waals surface area (Å²) in [6.45, 7) is 13.1. The zero-order valence-electron chi connectivity index (χ0n) is 40.2. The molecule has 0 saturated heterocycles. The predicted molar refractivity (Wildman–Crippen MR) is 252 cm³/mol. The fourth-order valence-corrected chi connectivity index (χ4v) is 8.32. The maximum Gasteiger partial charge on any atom is 0.508 e. The summed E-state index contributed by atoms with van der Waals surface area (Å²) < 4.78 is 17.1. The Balaban J connectivity index is 4.03. The lowest BCUT2D eigenvalue weighted by Gasteiger charge is -2.21. The number of ether oxygens (including phenoxy) is 3. The maximum absolute atomic E-state index is 12.9. The molecule has 0 saturated carbocycles. The van der Waals surface area contributed by atoms with Crippen LogP contribution in [0.4, 0.5) is 4.79 Å². The molecular weight excluding hydrogens is 735 g/mol. The van der Waals surface area contributed by atoms with Crippen molar-refractivity contribution in [2.75, 3.05) is 39.5 Å². The minimum absolute atomic E-state index is 0.00112. The second-order valence-corrected chi connectivity index (χ2v) is 18.0. The van der Waals surface area contributed by atoms with Gasteiger partial charge in [0, 0.05) is 6.54 Å². The van der Waals surface area contributed by atoms with Gasteiger partial charge in [0.25, 0.3) is 0 Å². The highest BCUT2D eigenvalue weighted by atomic mass is 16.7. The van der Waals surface area contributed by atoms with Crippen LogP contribution in [0.1, 0.15) is 272 Å². The molecule has 7 nitrogen and oxygen atoms in total. The zero-order valence-corrected chi connectivity index (χ0v) is 40.2. The van der Waals surface area contributed by atoms with Crippen molar-refractivity contribution in [1.82, 2.24) is 4.90 Å². The maximum atomic E-state index is 12.9. The van der Waals surface area contributed by atoms with E-state index in [1.54, 1.807) is 0 Å². The number of rotatable bonds is 48. The van der Waals surface area contributed by atoms with E-state index in [1.807, 2.05) is 0 Å². The number of carbonyl (C=O) groups excluding carboxylic acids is 2. The van der Waals surface area contributed by atoms with E-state index in [0.717, 1.165) is 103 Å². The lowest BCUT2D eigenvalue weighted by atomic mass is 9.94. The molecule has 0 aliphatic heterocycles. The molecule has 1 N–H and O–H groups in total. The summed E-state index contributed by atoms with van der Waals surface area (Å²) in [6, 6.07) is 0. The Morgan fingerprint density at radius 3 is 1.17 bits per heavy atom. The van der Waals surface area contributed by atoms with Crippen LogP contribution in [0.25, 0.3) is 0 Å². The van der Waals surface area contributed by atoms with Gasteiger partial charge in [0.15, 0.2) is 0 Å². The Bertz CT molecular complexity index is 855. The predicted octanol–water partition coefficient (Wildman–Crippen LogP) is 15.9. The number of aliphatic hydroxyl groups excluding tert-OH is 1. The highest BCUT2D eigenvalue weighted by Gasteiger charge is 2.19. The summed E-state index contributed by atoms with van der Waals surface area (Å²) in [7, 11) is 0. The molecule has 7 heteroatoms. The van der Waals surface area contributed by atoms with Crippen molar-refractivity contribution in [3.8, 4) is 0 Å². The van der Waals surface area contributed by atoms with Gasteiger partial charge in [-0.3, -0.25) is 4.79 Å². The van der Waals surface area contributed by atoms with Crippen LogP contribution in [0.3, 0.4) is 0 Å². The van der Waals surface area contributed by atoms with Crippen molar-refractivity contribution in [3.63, 3.8) is 0 Å². The Hall–Kier alpha value is -1.34. The van der Waals surface area contributed by atoms with Crippen LogP contribution in [0.2, 0.25) is 0 Å². The van der Waals surface area contributed by atoms with Crippen molar-refractivity contribution < 1.29 is 28.9 Å². The van der Waals surface area contributed by atoms with Gasteiger partial charge in [0.1, 0.15) is 6.10 Å². The van der Waals surface area contributed by atoms with Crippen LogP contribution in [0.5, 0.6) is 0 Å². The average molecular weight is 838 g/mol. The number of carbonyl (C=O) groups is 2. The van der Waals surface area contributed by atoms with Crippen LogP contribution in [-0.2, 0) is 19.0 Å². The van der Waals surface area contributed by atoms with Crippen LogP contribution < -0.4 is 0 Å². The molecule has 0 heterocycles. The minimum Gasteiger partial charge on any atom is -0.465 e. The van der Waals surface area contributed by atoms with E-state index >= 15 is 0 Å². The summed E-state index contributed by atoms with van der Waals surface area (Å²) in [5.74, 6) is 0.154. The first-order chi connectivity index (χ1) is 29.0. The van der Waals surface area contributed by atoms with E-state index in [0.29, 0.717) is 13.2 Å². The molecular formula is C52H103NO6. The highest BCUT2D eigenvalue weighted by molar-refractivity contribution is 5.72. The molecule has 0 aliphatic carbocycles. The molecule has 0 rings (SSSR count). The van der Waals surface area contributed by atoms with E-state index in [-0.39, 0.29) is 24.6 Å². The minimum atomic E-state index is -0.469. The number of nitrogens with zero attached hydrogens (tertiary/aromatic N) is 1. The summed E-state index contributed by atoms with van der Waals surface area (Å²) in [5, 5.41) is 9.61. The molecule has 0 aromatic carbocycles. The van der Waals surface area contributed by atoms with Crippen LogP contribution >= 0.6 is 0 Å². The Labute approximate surface area is 368 Å². The van der Waals surface area contributed by atoms with E-state index in [4.69, 9.17) is 14.2 Å². The first kappa shape index (κ1) is 57.7. The van der Waals surface area contributed by atoms with E-state index in [9.17, 15) is 14.7 Å². The Morgan fingerprint density at radius 1 is 0.407 bits per heavy atom. The summed E-state index contributed by atoms with van der Waals surface area (Å²) in [5.41, 5.74) is 0. The van der Waals surface area contributed by atoms with Gasteiger partial charge in [-0.15, -0.1) is 0 Å². The number of aliphatic hydroxyl groups is 1. The second kappa shape index (κ2) is 47.7. The summed E-state index contributed by atoms with van der Waals surface area (Å²) >= 11 is 0. The lowest BCUT2D eigenvalue weighted by molar-refractivity contribution is -0.149. The zero-order chi connectivity index (χ0) is 43.1. The lowest BCUT2D eigenvalue weighted by Crippen LogP contribution is -2.29. The standard InChI is InChI=1S/C52H103NO6/c1-5-9-13-17-18-19-20-26-34-42-50(41-33-16-12-8-4)59-52(56)58-48-38-30-24-22-28-36-44-53(45-46-54)43-35-27-21-23-29-37-47-57-51(55)49(39-31-15-11-7-3)40-32-25-14-10-6-2/h49-50,54H,5-48H2,1-4H3. The third-order valence-electron chi connectivity index (χ3n) is 12.3. The van der Waals surface area contributed by atoms with Crippen LogP contribution in [-0.4, -0.2) is 67.7 Å². The third-order valence-corrected chi connectivity index (χ3v) is 12.3. The van der Waals surface area contributed by atoms with Gasteiger partial charge in [-0.05, 0) is 77.3 Å². The first-order valence-electron chi connectivity index (χ1n) is 26.3. The third kappa shape index (κ3) is 41.8. The average Bonchev–Trinajstić information content (AvgIpc) is 3.23. The molecule has 0 fully saturated rings. The fraction of sp³-hybridized carbons (Fsp3) is 0.962. The molecule has 352 valence electrons. The molecule has 0 aliphatic rings. The molecule has 0 aromatic heterocycles. The van der Waals surface area contributed by atoms with Gasteiger partial charge in [0.05, 0.1) is 25.7 Å². The van der Waals surface area contributed by atoms with Crippen LogP contribution in [0.15, 0.2) is 0 Å². The molecule has 0 amide bonds. The Morgan fingerprint density at radius 2 is 0.746 bits per heavy atom. The van der Waals surface area contributed by atoms with Gasteiger partial charge in [-0.25, -0.2) is 4.79 Å². The van der Waals surface area contributed by atoms with E-state index < -0.39 is 6.16 Å². The molecule has 0 bridgehead atoms. The van der Waals surface area contributed by atoms with Gasteiger partial charge >= 0.3 is 12.1 Å². The smallest absolute Gasteiger partial charge is 0.465 e. The largest absolute Gasteiger partial charge is 0.508 e. The number of hydrogen-bond donors (Lipinski definition) is 1. The summed E-state index contributed by atoms with van der Waals surface area (Å²) in [6.07, 6.45) is 44.8. The molecule has 0 spiro atoms. The number of esters is 1. The first-order valence-corrected chi connectivity index (χ1v) is 26.3. The van der Waals surface area contributed by atoms with Crippen molar-refractivity contribution in [3.05, 3.63) is 0 Å². The van der Waals surface area contributed by atoms with Crippen LogP contribution in [0, 0.1) is 5.92 Å². The SMILES string of the molecule is CCCCCCCCCCCC(CCCCCC)OC(=O)OCCCCCCCCN(CCO)CCCCCCCCOC(=O)C(CCCCCC)CCCCCCC. The Kier molecular flexibility index (Phi) is 46.6. The normalized spacial score (nSPS) is 12.6. The number of unbranched alkanes of at least 4 members (excludes halogenated alkanes) is 28. The van der Waals surface area contributed by atoms with Gasteiger partial charge in [-0.1, -0.05) is 207 Å². The van der Waals surface area contributed by atoms with E-state index in [1.165, 1.54) is 161 Å². The van der Waals surface area contributed by atoms with Gasteiger partial charge in [-0.2, -0.15) is 0 Å². The molecule has 2 unspecified atom stereocenters. The van der Waals surface area contributed by atoms with Crippen molar-refractivity contribution in [1.29, 1.82) is 0 Å². The topological polar surface area (TPSA) is 85.3 Å². The molecule has 2 atom stereocenters. The van der Waals surface area contributed by atoms with E-state index in [2.05, 4.69) is 32.6 Å². The van der Waals surface area contributed by atoms with Crippen molar-refractivity contribution >= 4 is 12.1 Å². The summed E-state index contributed by atoms with van der Waals surface area (Å²) in [4.78, 5) is 27.8. The van der Waals surface area contributed by atoms with Crippen molar-refractivity contribution in [2.24, 2.45) is 5.92 Å². The second-order valence-electron chi connectivity index (χ2n) is 18.0. The monoisotopic (exact) mass is 838 g/mol. The molecule has 0 aromatic rings. The number of hydrogen-bond acceptors (Lipinski definition) is 7. The van der Waals surface area contributed by atoms with Gasteiger partial charge in [0.2, 0.25) is 0 Å². The van der Waals surface area contributed by atoms with Crippen molar-refractivity contribution in [2.45, 2.75) is 278 Å². The molecule has 59 heavy (non-hydrogen) atoms. The van der Waals surface area contributed by atoms with Gasteiger partial charge < -0.3 is 24.2 Å². The highest BCUT2D eigenvalue weighted by Crippen LogP contribution is 2.21. The molecule has 0 radical (unpaired) electrons. The quantitative estimate of drug-likeness (QED) is 0.0482.